The summed E-state index contributed by atoms with van der Waals surface area (Å²) in [6.07, 6.45) is 2.92. The lowest BCUT2D eigenvalue weighted by Gasteiger charge is -2.15. The molecule has 0 rings (SSSR count). The summed E-state index contributed by atoms with van der Waals surface area (Å²) in [6.45, 7) is 2.09. The van der Waals surface area contributed by atoms with Crippen LogP contribution in [0, 0.1) is 0 Å². The lowest BCUT2D eigenvalue weighted by molar-refractivity contribution is -0.130. The number of amides is 1. The molecular weight excluding hydrogens is 140 g/mol. The number of rotatable bonds is 4. The maximum absolute atomic E-state index is 11.1. The molecule has 0 bridgehead atoms. The van der Waals surface area contributed by atoms with Crippen molar-refractivity contribution < 1.29 is 4.79 Å². The fraction of sp³-hybridized carbons (Fsp3) is 0.875. The molecule has 0 saturated carbocycles. The van der Waals surface area contributed by atoms with Crippen LogP contribution in [0.4, 0.5) is 0 Å². The Bertz CT molecular complexity index is 123. The van der Waals surface area contributed by atoms with E-state index in [2.05, 4.69) is 6.92 Å². The van der Waals surface area contributed by atoms with Gasteiger partial charge in [0.25, 0.3) is 0 Å². The van der Waals surface area contributed by atoms with Gasteiger partial charge in [-0.1, -0.05) is 19.8 Å². The molecule has 0 heterocycles. The van der Waals surface area contributed by atoms with Crippen LogP contribution in [0.5, 0.6) is 0 Å². The Labute approximate surface area is 68.6 Å². The predicted octanol–water partition coefficient (Wildman–Crippen LogP) is 0.592. The van der Waals surface area contributed by atoms with Gasteiger partial charge in [0.05, 0.1) is 6.04 Å². The van der Waals surface area contributed by atoms with Gasteiger partial charge in [0.1, 0.15) is 0 Å². The molecule has 66 valence electrons. The molecule has 0 aliphatic carbocycles. The van der Waals surface area contributed by atoms with E-state index in [9.17, 15) is 4.79 Å². The first kappa shape index (κ1) is 10.4. The Morgan fingerprint density at radius 3 is 2.45 bits per heavy atom. The van der Waals surface area contributed by atoms with Crippen molar-refractivity contribution in [2.24, 2.45) is 5.73 Å². The van der Waals surface area contributed by atoms with E-state index in [0.717, 1.165) is 19.3 Å². The first-order chi connectivity index (χ1) is 5.09. The molecule has 1 atom stereocenters. The summed E-state index contributed by atoms with van der Waals surface area (Å²) in [5, 5.41) is 0. The van der Waals surface area contributed by atoms with Gasteiger partial charge in [-0.3, -0.25) is 4.79 Å². The average Bonchev–Trinajstić information content (AvgIpc) is 1.98. The highest BCUT2D eigenvalue weighted by molar-refractivity contribution is 5.80. The number of carbonyl (C=O) groups excluding carboxylic acids is 1. The van der Waals surface area contributed by atoms with Crippen molar-refractivity contribution in [1.82, 2.24) is 4.90 Å². The molecule has 2 N–H and O–H groups in total. The van der Waals surface area contributed by atoms with Crippen LogP contribution in [-0.4, -0.2) is 30.9 Å². The largest absolute Gasteiger partial charge is 0.347 e. The van der Waals surface area contributed by atoms with E-state index in [1.165, 1.54) is 0 Å². The topological polar surface area (TPSA) is 46.3 Å². The van der Waals surface area contributed by atoms with Gasteiger partial charge >= 0.3 is 0 Å². The number of nitrogens with two attached hydrogens (primary N) is 1. The maximum Gasteiger partial charge on any atom is 0.238 e. The Kier molecular flexibility index (Phi) is 4.86. The molecule has 11 heavy (non-hydrogen) atoms. The molecule has 0 saturated heterocycles. The number of hydrogen-bond donors (Lipinski definition) is 1. The van der Waals surface area contributed by atoms with E-state index in [-0.39, 0.29) is 11.9 Å². The fourth-order valence-corrected chi connectivity index (χ4v) is 0.879. The third-order valence-corrected chi connectivity index (χ3v) is 1.63. The third kappa shape index (κ3) is 3.98. The Morgan fingerprint density at radius 2 is 2.09 bits per heavy atom. The molecule has 0 aromatic rings. The summed E-state index contributed by atoms with van der Waals surface area (Å²) in [6, 6.07) is -0.301. The van der Waals surface area contributed by atoms with Crippen LogP contribution in [0.2, 0.25) is 0 Å². The Morgan fingerprint density at radius 1 is 1.55 bits per heavy atom. The van der Waals surface area contributed by atoms with Crippen molar-refractivity contribution in [3.8, 4) is 0 Å². The quantitative estimate of drug-likeness (QED) is 0.651. The van der Waals surface area contributed by atoms with Crippen LogP contribution < -0.4 is 5.73 Å². The average molecular weight is 158 g/mol. The second-order valence-electron chi connectivity index (χ2n) is 2.98. The minimum absolute atomic E-state index is 0.0263. The van der Waals surface area contributed by atoms with Crippen LogP contribution in [0.15, 0.2) is 0 Å². The van der Waals surface area contributed by atoms with Crippen LogP contribution in [0.3, 0.4) is 0 Å². The third-order valence-electron chi connectivity index (χ3n) is 1.63. The number of nitrogens with zero attached hydrogens (tertiary/aromatic N) is 1. The van der Waals surface area contributed by atoms with E-state index in [0.29, 0.717) is 0 Å². The van der Waals surface area contributed by atoms with E-state index in [1.54, 1.807) is 19.0 Å². The van der Waals surface area contributed by atoms with Crippen molar-refractivity contribution in [3.05, 3.63) is 0 Å². The summed E-state index contributed by atoms with van der Waals surface area (Å²) in [5.74, 6) is 0.0263. The fourth-order valence-electron chi connectivity index (χ4n) is 0.879. The van der Waals surface area contributed by atoms with Crippen molar-refractivity contribution in [3.63, 3.8) is 0 Å². The molecular formula is C8H18N2O. The SMILES string of the molecule is CCCC[C@H](N)C(=O)N(C)C. The summed E-state index contributed by atoms with van der Waals surface area (Å²) < 4.78 is 0. The second-order valence-corrected chi connectivity index (χ2v) is 2.98. The molecule has 0 aliphatic rings. The summed E-state index contributed by atoms with van der Waals surface area (Å²) in [5.41, 5.74) is 5.61. The number of carbonyl (C=O) groups is 1. The van der Waals surface area contributed by atoms with Crippen LogP contribution in [-0.2, 0) is 4.79 Å². The van der Waals surface area contributed by atoms with Gasteiger partial charge in [0.15, 0.2) is 0 Å². The zero-order chi connectivity index (χ0) is 8.85. The minimum atomic E-state index is -0.301. The van der Waals surface area contributed by atoms with Crippen molar-refractivity contribution in [1.29, 1.82) is 0 Å². The molecule has 0 aromatic carbocycles. The molecule has 0 radical (unpaired) electrons. The standard InChI is InChI=1S/C8H18N2O/c1-4-5-6-7(9)8(11)10(2)3/h7H,4-6,9H2,1-3H3/t7-/m0/s1. The molecule has 3 nitrogen and oxygen atoms in total. The lowest BCUT2D eigenvalue weighted by Crippen LogP contribution is -2.39. The molecule has 1 amide bonds. The number of unbranched alkanes of at least 4 members (excludes halogenated alkanes) is 1. The van der Waals surface area contributed by atoms with Gasteiger partial charge in [-0.25, -0.2) is 0 Å². The van der Waals surface area contributed by atoms with Gasteiger partial charge in [-0.15, -0.1) is 0 Å². The first-order valence-electron chi connectivity index (χ1n) is 4.06. The Hall–Kier alpha value is -0.570. The van der Waals surface area contributed by atoms with E-state index in [1.807, 2.05) is 0 Å². The van der Waals surface area contributed by atoms with Crippen molar-refractivity contribution in [2.75, 3.05) is 14.1 Å². The maximum atomic E-state index is 11.1. The van der Waals surface area contributed by atoms with Crippen LogP contribution >= 0.6 is 0 Å². The van der Waals surface area contributed by atoms with Crippen LogP contribution in [0.1, 0.15) is 26.2 Å². The van der Waals surface area contributed by atoms with Gasteiger partial charge in [0, 0.05) is 14.1 Å². The molecule has 0 fully saturated rings. The highest BCUT2D eigenvalue weighted by Gasteiger charge is 2.13. The van der Waals surface area contributed by atoms with E-state index in [4.69, 9.17) is 5.73 Å². The zero-order valence-corrected chi connectivity index (χ0v) is 7.63. The normalized spacial score (nSPS) is 12.7. The van der Waals surface area contributed by atoms with Crippen molar-refractivity contribution >= 4 is 5.91 Å². The second kappa shape index (κ2) is 5.13. The Balaban J connectivity index is 3.64. The minimum Gasteiger partial charge on any atom is -0.347 e. The smallest absolute Gasteiger partial charge is 0.238 e. The van der Waals surface area contributed by atoms with Gasteiger partial charge in [-0.05, 0) is 6.42 Å². The summed E-state index contributed by atoms with van der Waals surface area (Å²) in [7, 11) is 3.46. The van der Waals surface area contributed by atoms with E-state index < -0.39 is 0 Å². The van der Waals surface area contributed by atoms with Gasteiger partial charge in [-0.2, -0.15) is 0 Å². The summed E-state index contributed by atoms with van der Waals surface area (Å²) in [4.78, 5) is 12.7. The monoisotopic (exact) mass is 158 g/mol. The number of likely N-dealkylation sites (N-methyl/N-ethyl adjacent to an activating group) is 1. The molecule has 0 aromatic heterocycles. The first-order valence-corrected chi connectivity index (χ1v) is 4.06. The lowest BCUT2D eigenvalue weighted by atomic mass is 10.1. The molecule has 3 heteroatoms. The van der Waals surface area contributed by atoms with Gasteiger partial charge in [0.2, 0.25) is 5.91 Å². The zero-order valence-electron chi connectivity index (χ0n) is 7.63. The van der Waals surface area contributed by atoms with Crippen molar-refractivity contribution in [2.45, 2.75) is 32.2 Å². The molecule has 0 spiro atoms. The predicted molar refractivity (Wildman–Crippen MR) is 46.2 cm³/mol. The number of hydrogen-bond acceptors (Lipinski definition) is 2. The highest BCUT2D eigenvalue weighted by Crippen LogP contribution is 1.99. The van der Waals surface area contributed by atoms with Gasteiger partial charge < -0.3 is 10.6 Å². The van der Waals surface area contributed by atoms with E-state index >= 15 is 0 Å². The van der Waals surface area contributed by atoms with Crippen LogP contribution in [0.25, 0.3) is 0 Å². The summed E-state index contributed by atoms with van der Waals surface area (Å²) >= 11 is 0. The molecule has 0 unspecified atom stereocenters. The highest BCUT2D eigenvalue weighted by atomic mass is 16.2. The molecule has 0 aliphatic heterocycles.